The molecular weight excluding hydrogens is 452 g/mol. The zero-order chi connectivity index (χ0) is 25.8. The van der Waals surface area contributed by atoms with Crippen molar-refractivity contribution < 1.29 is 14.3 Å². The van der Waals surface area contributed by atoms with Crippen LogP contribution >= 0.6 is 0 Å². The van der Waals surface area contributed by atoms with E-state index in [0.717, 1.165) is 79.8 Å². The topological polar surface area (TPSA) is 76.5 Å². The number of hydrogen-bond acceptors (Lipinski definition) is 4. The van der Waals surface area contributed by atoms with Gasteiger partial charge in [-0.05, 0) is 55.5 Å². The molecule has 0 atom stereocenters. The maximum atomic E-state index is 13.1. The summed E-state index contributed by atoms with van der Waals surface area (Å²) in [6.07, 6.45) is 5.95. The summed E-state index contributed by atoms with van der Waals surface area (Å²) in [5.41, 5.74) is 2.92. The van der Waals surface area contributed by atoms with Gasteiger partial charge in [-0.25, -0.2) is 4.98 Å². The minimum atomic E-state index is 0.0317. The lowest BCUT2D eigenvalue weighted by molar-refractivity contribution is -0.132. The molecular formula is C29H40N4O3. The van der Waals surface area contributed by atoms with E-state index >= 15 is 0 Å². The van der Waals surface area contributed by atoms with Gasteiger partial charge in [-0.15, -0.1) is 0 Å². The highest BCUT2D eigenvalue weighted by Gasteiger charge is 2.17. The lowest BCUT2D eigenvalue weighted by atomic mass is 10.1. The Morgan fingerprint density at radius 1 is 0.972 bits per heavy atom. The van der Waals surface area contributed by atoms with Crippen molar-refractivity contribution in [1.82, 2.24) is 19.8 Å². The number of unbranched alkanes of at least 4 members (excludes halogenated alkanes) is 2. The van der Waals surface area contributed by atoms with Crippen molar-refractivity contribution in [3.63, 3.8) is 0 Å². The fraction of sp³-hybridized carbons (Fsp3) is 0.483. The number of methoxy groups -OCH3 is 1. The number of carbonyl (C=O) groups excluding carboxylic acids is 2. The number of para-hydroxylation sites is 2. The Hall–Kier alpha value is -3.35. The predicted octanol–water partition coefficient (Wildman–Crippen LogP) is 4.77. The van der Waals surface area contributed by atoms with Crippen LogP contribution in [0.15, 0.2) is 48.5 Å². The summed E-state index contributed by atoms with van der Waals surface area (Å²) in [5, 5.41) is 3.01. The summed E-state index contributed by atoms with van der Waals surface area (Å²) >= 11 is 0. The molecule has 3 rings (SSSR count). The quantitative estimate of drug-likeness (QED) is 0.310. The van der Waals surface area contributed by atoms with Gasteiger partial charge in [-0.3, -0.25) is 9.59 Å². The lowest BCUT2D eigenvalue weighted by Gasteiger charge is -2.22. The second-order valence-corrected chi connectivity index (χ2v) is 9.17. The first-order valence-electron chi connectivity index (χ1n) is 13.2. The fourth-order valence-electron chi connectivity index (χ4n) is 4.43. The maximum absolute atomic E-state index is 13.1. The van der Waals surface area contributed by atoms with Gasteiger partial charge in [0.05, 0.1) is 24.6 Å². The van der Waals surface area contributed by atoms with Gasteiger partial charge >= 0.3 is 0 Å². The average Bonchev–Trinajstić information content (AvgIpc) is 3.23. The minimum absolute atomic E-state index is 0.0317. The molecule has 2 amide bonds. The number of nitrogens with one attached hydrogen (secondary N) is 1. The molecule has 3 aromatic rings. The van der Waals surface area contributed by atoms with Gasteiger partial charge in [-0.1, -0.05) is 44.5 Å². The van der Waals surface area contributed by atoms with Gasteiger partial charge in [0, 0.05) is 26.1 Å². The molecule has 0 saturated carbocycles. The Bertz CT molecular complexity index is 1100. The first-order valence-corrected chi connectivity index (χ1v) is 13.2. The van der Waals surface area contributed by atoms with Gasteiger partial charge in [0.1, 0.15) is 18.1 Å². The number of aryl methyl sites for hydroxylation is 1. The van der Waals surface area contributed by atoms with Crippen LogP contribution in [0.2, 0.25) is 0 Å². The molecule has 0 spiro atoms. The van der Waals surface area contributed by atoms with Crippen LogP contribution in [0.5, 0.6) is 5.75 Å². The van der Waals surface area contributed by atoms with Crippen LogP contribution in [-0.4, -0.2) is 53.0 Å². The Morgan fingerprint density at radius 2 is 1.69 bits per heavy atom. The normalized spacial score (nSPS) is 11.0. The van der Waals surface area contributed by atoms with Crippen molar-refractivity contribution in [1.29, 1.82) is 0 Å². The predicted molar refractivity (Wildman–Crippen MR) is 144 cm³/mol. The number of rotatable bonds is 15. The molecule has 0 aliphatic heterocycles. The Morgan fingerprint density at radius 3 is 2.39 bits per heavy atom. The summed E-state index contributed by atoms with van der Waals surface area (Å²) in [5.74, 6) is 1.93. The summed E-state index contributed by atoms with van der Waals surface area (Å²) in [6, 6.07) is 15.6. The van der Waals surface area contributed by atoms with E-state index in [1.165, 1.54) is 0 Å². The first kappa shape index (κ1) is 27.2. The zero-order valence-corrected chi connectivity index (χ0v) is 22.0. The first-order chi connectivity index (χ1) is 17.5. The number of hydrogen-bond donors (Lipinski definition) is 1. The van der Waals surface area contributed by atoms with E-state index in [-0.39, 0.29) is 11.8 Å². The molecule has 7 heteroatoms. The summed E-state index contributed by atoms with van der Waals surface area (Å²) < 4.78 is 7.25. The highest BCUT2D eigenvalue weighted by molar-refractivity contribution is 5.81. The molecule has 1 heterocycles. The van der Waals surface area contributed by atoms with Crippen molar-refractivity contribution in [2.75, 3.05) is 26.7 Å². The molecule has 0 aliphatic rings. The van der Waals surface area contributed by atoms with Crippen molar-refractivity contribution in [3.8, 4) is 5.75 Å². The second kappa shape index (κ2) is 14.3. The number of nitrogens with zero attached hydrogens (tertiary/aromatic N) is 3. The number of benzene rings is 2. The number of imidazole rings is 1. The van der Waals surface area contributed by atoms with Gasteiger partial charge in [-0.2, -0.15) is 0 Å². The van der Waals surface area contributed by atoms with E-state index in [9.17, 15) is 9.59 Å². The van der Waals surface area contributed by atoms with Crippen molar-refractivity contribution in [2.45, 2.75) is 65.3 Å². The zero-order valence-electron chi connectivity index (χ0n) is 22.0. The maximum Gasteiger partial charge on any atom is 0.242 e. The summed E-state index contributed by atoms with van der Waals surface area (Å²) in [4.78, 5) is 32.1. The second-order valence-electron chi connectivity index (χ2n) is 9.17. The Labute approximate surface area is 214 Å². The third-order valence-corrected chi connectivity index (χ3v) is 6.29. The molecule has 0 aliphatic carbocycles. The van der Waals surface area contributed by atoms with Crippen molar-refractivity contribution in [2.24, 2.45) is 0 Å². The monoisotopic (exact) mass is 492 g/mol. The van der Waals surface area contributed by atoms with Crippen LogP contribution in [0.3, 0.4) is 0 Å². The van der Waals surface area contributed by atoms with Gasteiger partial charge in [0.25, 0.3) is 0 Å². The third kappa shape index (κ3) is 7.83. The largest absolute Gasteiger partial charge is 0.497 e. The highest BCUT2D eigenvalue weighted by atomic mass is 16.5. The standard InChI is InChI=1S/C29H40N4O3/c1-4-19-32(20-5-2)29(35)22-33-26-12-9-8-11-25(26)31-27(33)13-7-6-10-18-30-28(34)21-23-14-16-24(36-3)17-15-23/h8-9,11-12,14-17H,4-7,10,13,18-22H2,1-3H3,(H,30,34). The Balaban J connectivity index is 1.48. The molecule has 7 nitrogen and oxygen atoms in total. The molecule has 0 radical (unpaired) electrons. The van der Waals surface area contributed by atoms with Crippen LogP contribution < -0.4 is 10.1 Å². The van der Waals surface area contributed by atoms with Crippen LogP contribution in [0.1, 0.15) is 57.3 Å². The summed E-state index contributed by atoms with van der Waals surface area (Å²) in [7, 11) is 1.63. The van der Waals surface area contributed by atoms with Crippen LogP contribution in [-0.2, 0) is 29.0 Å². The third-order valence-electron chi connectivity index (χ3n) is 6.29. The highest BCUT2D eigenvalue weighted by Crippen LogP contribution is 2.18. The number of aromatic nitrogens is 2. The SMILES string of the molecule is CCCN(CCC)C(=O)Cn1c(CCCCCNC(=O)Cc2ccc(OC)cc2)nc2ccccc21. The molecule has 0 unspecified atom stereocenters. The number of carbonyl (C=O) groups is 2. The van der Waals surface area contributed by atoms with E-state index in [4.69, 9.17) is 9.72 Å². The van der Waals surface area contributed by atoms with Gasteiger partial charge in [0.2, 0.25) is 11.8 Å². The average molecular weight is 493 g/mol. The number of ether oxygens (including phenoxy) is 1. The molecule has 0 saturated heterocycles. The van der Waals surface area contributed by atoms with Crippen molar-refractivity contribution in [3.05, 3.63) is 59.9 Å². The molecule has 194 valence electrons. The molecule has 1 aromatic heterocycles. The molecule has 36 heavy (non-hydrogen) atoms. The fourth-order valence-corrected chi connectivity index (χ4v) is 4.43. The lowest BCUT2D eigenvalue weighted by Crippen LogP contribution is -2.35. The van der Waals surface area contributed by atoms with E-state index < -0.39 is 0 Å². The van der Waals surface area contributed by atoms with E-state index in [1.54, 1.807) is 7.11 Å². The molecule has 0 bridgehead atoms. The van der Waals surface area contributed by atoms with E-state index in [2.05, 4.69) is 23.7 Å². The minimum Gasteiger partial charge on any atom is -0.497 e. The molecule has 2 aromatic carbocycles. The van der Waals surface area contributed by atoms with Gasteiger partial charge in [0.15, 0.2) is 0 Å². The molecule has 0 fully saturated rings. The number of fused-ring (bicyclic) bond motifs is 1. The van der Waals surface area contributed by atoms with Crippen LogP contribution in [0, 0.1) is 0 Å². The Kier molecular flexibility index (Phi) is 10.8. The van der Waals surface area contributed by atoms with E-state index in [1.807, 2.05) is 53.4 Å². The summed E-state index contributed by atoms with van der Waals surface area (Å²) in [6.45, 7) is 6.78. The van der Waals surface area contributed by atoms with E-state index in [0.29, 0.717) is 19.5 Å². The van der Waals surface area contributed by atoms with Crippen molar-refractivity contribution >= 4 is 22.8 Å². The number of amides is 2. The van der Waals surface area contributed by atoms with Gasteiger partial charge < -0.3 is 19.5 Å². The smallest absolute Gasteiger partial charge is 0.242 e. The van der Waals surface area contributed by atoms with Crippen LogP contribution in [0.4, 0.5) is 0 Å². The van der Waals surface area contributed by atoms with Crippen LogP contribution in [0.25, 0.3) is 11.0 Å². The molecule has 1 N–H and O–H groups in total.